The summed E-state index contributed by atoms with van der Waals surface area (Å²) in [5.74, 6) is -1.05. The van der Waals surface area contributed by atoms with E-state index < -0.39 is 34.2 Å². The van der Waals surface area contributed by atoms with Crippen molar-refractivity contribution in [3.8, 4) is 0 Å². The van der Waals surface area contributed by atoms with Crippen LogP contribution >= 0.6 is 0 Å². The van der Waals surface area contributed by atoms with Crippen molar-refractivity contribution in [2.75, 3.05) is 25.4 Å². The third kappa shape index (κ3) is 6.29. The van der Waals surface area contributed by atoms with Crippen LogP contribution in [-0.4, -0.2) is 56.6 Å². The fourth-order valence-electron chi connectivity index (χ4n) is 4.73. The van der Waals surface area contributed by atoms with Crippen molar-refractivity contribution in [1.82, 2.24) is 14.9 Å². The molecule has 0 spiro atoms. The summed E-state index contributed by atoms with van der Waals surface area (Å²) in [7, 11) is -4.18. The number of Topliss-reactive ketones (excluding diaryl/α,β-unsaturated/α-hetero) is 1. The first-order chi connectivity index (χ1) is 18.2. The smallest absolute Gasteiger partial charge is 0.241 e. The van der Waals surface area contributed by atoms with E-state index in [4.69, 9.17) is 16.9 Å². The van der Waals surface area contributed by atoms with Crippen LogP contribution in [0.2, 0.25) is 0 Å². The first-order valence-corrected chi connectivity index (χ1v) is 13.9. The molecule has 10 nitrogen and oxygen atoms in total. The summed E-state index contributed by atoms with van der Waals surface area (Å²) in [6, 6.07) is 17.0. The predicted molar refractivity (Wildman–Crippen MR) is 147 cm³/mol. The van der Waals surface area contributed by atoms with Crippen LogP contribution in [0.25, 0.3) is 10.8 Å². The molecule has 1 saturated heterocycles. The van der Waals surface area contributed by atoms with Crippen LogP contribution in [0.1, 0.15) is 29.6 Å². The number of anilines is 1. The minimum Gasteiger partial charge on any atom is -0.398 e. The Bertz CT molecular complexity index is 1450. The molecular formula is C27H32N6O4S. The number of carbonyl (C=O) groups is 2. The Morgan fingerprint density at radius 3 is 2.53 bits per heavy atom. The number of para-hydroxylation sites is 1. The fraction of sp³-hybridized carbons (Fsp3) is 0.296. The van der Waals surface area contributed by atoms with Gasteiger partial charge in [-0.05, 0) is 42.3 Å². The van der Waals surface area contributed by atoms with Crippen molar-refractivity contribution in [1.29, 1.82) is 5.41 Å². The molecule has 0 radical (unpaired) electrons. The van der Waals surface area contributed by atoms with E-state index in [-0.39, 0.29) is 34.6 Å². The first-order valence-electron chi connectivity index (χ1n) is 12.4. The van der Waals surface area contributed by atoms with Crippen LogP contribution in [-0.2, 0) is 14.8 Å². The summed E-state index contributed by atoms with van der Waals surface area (Å²) in [5.41, 5.74) is 12.0. The number of hydrogen-bond donors (Lipinski definition) is 5. The van der Waals surface area contributed by atoms with Gasteiger partial charge in [0, 0.05) is 42.7 Å². The first kappa shape index (κ1) is 27.1. The quantitative estimate of drug-likeness (QED) is 0.120. The second kappa shape index (κ2) is 11.6. The molecule has 38 heavy (non-hydrogen) atoms. The van der Waals surface area contributed by atoms with Gasteiger partial charge in [-0.2, -0.15) is 4.72 Å². The number of likely N-dealkylation sites (tertiary alicyclic amines) is 1. The van der Waals surface area contributed by atoms with E-state index >= 15 is 0 Å². The summed E-state index contributed by atoms with van der Waals surface area (Å²) < 4.78 is 29.5. The SMILES string of the molecule is N=C(N)N1CCC[C@@H](CNC(=O)[C@@H](CC(=O)c2ccccc2N)NS(=O)(=O)c2cccc3ccccc23)C1. The van der Waals surface area contributed by atoms with Gasteiger partial charge >= 0.3 is 0 Å². The molecule has 7 N–H and O–H groups in total. The fourth-order valence-corrected chi connectivity index (χ4v) is 6.16. The maximum absolute atomic E-state index is 13.5. The van der Waals surface area contributed by atoms with Gasteiger partial charge in [-0.25, -0.2) is 8.42 Å². The van der Waals surface area contributed by atoms with E-state index in [1.807, 2.05) is 6.07 Å². The van der Waals surface area contributed by atoms with Crippen LogP contribution in [0, 0.1) is 11.3 Å². The number of piperidine rings is 1. The average molecular weight is 537 g/mol. The highest BCUT2D eigenvalue weighted by molar-refractivity contribution is 7.89. The van der Waals surface area contributed by atoms with Crippen LogP contribution in [0.4, 0.5) is 5.69 Å². The highest BCUT2D eigenvalue weighted by Gasteiger charge is 2.30. The molecule has 1 amide bonds. The Kier molecular flexibility index (Phi) is 8.28. The number of carbonyl (C=O) groups excluding carboxylic acids is 2. The highest BCUT2D eigenvalue weighted by Crippen LogP contribution is 2.24. The summed E-state index contributed by atoms with van der Waals surface area (Å²) in [4.78, 5) is 28.2. The summed E-state index contributed by atoms with van der Waals surface area (Å²) >= 11 is 0. The van der Waals surface area contributed by atoms with Gasteiger partial charge in [0.15, 0.2) is 11.7 Å². The third-order valence-corrected chi connectivity index (χ3v) is 8.26. The molecule has 11 heteroatoms. The number of guanidine groups is 1. The van der Waals surface area contributed by atoms with Crippen molar-refractivity contribution in [2.24, 2.45) is 11.7 Å². The molecule has 2 atom stereocenters. The van der Waals surface area contributed by atoms with Crippen LogP contribution in [0.5, 0.6) is 0 Å². The van der Waals surface area contributed by atoms with E-state index in [2.05, 4.69) is 10.0 Å². The Morgan fingerprint density at radius 2 is 1.76 bits per heavy atom. The summed E-state index contributed by atoms with van der Waals surface area (Å²) in [5, 5.41) is 11.7. The predicted octanol–water partition coefficient (Wildman–Crippen LogP) is 2.06. The lowest BCUT2D eigenvalue weighted by molar-refractivity contribution is -0.122. The lowest BCUT2D eigenvalue weighted by Gasteiger charge is -2.33. The zero-order valence-corrected chi connectivity index (χ0v) is 21.7. The Labute approximate surface area is 221 Å². The number of benzene rings is 3. The van der Waals surface area contributed by atoms with Gasteiger partial charge in [0.25, 0.3) is 0 Å². The van der Waals surface area contributed by atoms with Crippen molar-refractivity contribution in [3.05, 3.63) is 72.3 Å². The van der Waals surface area contributed by atoms with Crippen molar-refractivity contribution >= 4 is 44.1 Å². The maximum atomic E-state index is 13.5. The van der Waals surface area contributed by atoms with Gasteiger partial charge in [-0.15, -0.1) is 0 Å². The normalized spacial score (nSPS) is 16.6. The van der Waals surface area contributed by atoms with E-state index in [0.29, 0.717) is 18.5 Å². The Balaban J connectivity index is 1.57. The van der Waals surface area contributed by atoms with Crippen molar-refractivity contribution < 1.29 is 18.0 Å². The molecule has 0 aliphatic carbocycles. The second-order valence-corrected chi connectivity index (χ2v) is 11.1. The van der Waals surface area contributed by atoms with Gasteiger partial charge < -0.3 is 21.7 Å². The van der Waals surface area contributed by atoms with Gasteiger partial charge in [0.1, 0.15) is 6.04 Å². The molecule has 4 rings (SSSR count). The molecule has 3 aromatic rings. The number of amides is 1. The van der Waals surface area contributed by atoms with Crippen molar-refractivity contribution in [3.63, 3.8) is 0 Å². The summed E-state index contributed by atoms with van der Waals surface area (Å²) in [6.07, 6.45) is 1.24. The molecule has 3 aromatic carbocycles. The molecule has 0 bridgehead atoms. The lowest BCUT2D eigenvalue weighted by Crippen LogP contribution is -2.50. The monoisotopic (exact) mass is 536 g/mol. The number of nitrogens with zero attached hydrogens (tertiary/aromatic N) is 1. The minimum absolute atomic E-state index is 0.0180. The number of ketones is 1. The van der Waals surface area contributed by atoms with Gasteiger partial charge in [-0.3, -0.25) is 15.0 Å². The summed E-state index contributed by atoms with van der Waals surface area (Å²) in [6.45, 7) is 1.46. The Morgan fingerprint density at radius 1 is 1.05 bits per heavy atom. The molecule has 1 fully saturated rings. The third-order valence-electron chi connectivity index (χ3n) is 6.73. The van der Waals surface area contributed by atoms with Gasteiger partial charge in [0.2, 0.25) is 15.9 Å². The standard InChI is InChI=1S/C27H32N6O4S/c28-22-12-4-3-11-21(22)24(34)15-23(26(35)31-16-18-7-6-14-33(17-18)27(29)30)32-38(36,37)25-13-5-9-19-8-1-2-10-20(19)25/h1-5,8-13,18,23,32H,6-7,14-17,28H2,(H3,29,30)(H,31,35)/t18-,23+/m0/s1. The number of fused-ring (bicyclic) bond motifs is 1. The average Bonchev–Trinajstić information content (AvgIpc) is 2.91. The molecule has 0 aromatic heterocycles. The molecule has 1 aliphatic rings. The van der Waals surface area contributed by atoms with Gasteiger partial charge in [-0.1, -0.05) is 48.5 Å². The molecule has 200 valence electrons. The lowest BCUT2D eigenvalue weighted by atomic mass is 9.97. The van der Waals surface area contributed by atoms with Crippen LogP contribution in [0.3, 0.4) is 0 Å². The number of nitrogen functional groups attached to an aromatic ring is 1. The molecule has 1 aliphatic heterocycles. The molecule has 0 unspecified atom stereocenters. The highest BCUT2D eigenvalue weighted by atomic mass is 32.2. The van der Waals surface area contributed by atoms with Gasteiger partial charge in [0.05, 0.1) is 4.90 Å². The molecular weight excluding hydrogens is 504 g/mol. The number of hydrogen-bond acceptors (Lipinski definition) is 6. The van der Waals surface area contributed by atoms with E-state index in [9.17, 15) is 18.0 Å². The minimum atomic E-state index is -4.18. The van der Waals surface area contributed by atoms with Crippen LogP contribution < -0.4 is 21.5 Å². The zero-order chi connectivity index (χ0) is 27.3. The Hall–Kier alpha value is -3.96. The zero-order valence-electron chi connectivity index (χ0n) is 20.9. The molecule has 0 saturated carbocycles. The van der Waals surface area contributed by atoms with E-state index in [0.717, 1.165) is 18.2 Å². The molecule has 1 heterocycles. The van der Waals surface area contributed by atoms with E-state index in [1.165, 1.54) is 6.07 Å². The number of sulfonamides is 1. The number of nitrogens with two attached hydrogens (primary N) is 2. The van der Waals surface area contributed by atoms with E-state index in [1.54, 1.807) is 59.5 Å². The second-order valence-electron chi connectivity index (χ2n) is 9.45. The largest absolute Gasteiger partial charge is 0.398 e. The topological polar surface area (TPSA) is 171 Å². The van der Waals surface area contributed by atoms with Crippen molar-refractivity contribution in [2.45, 2.75) is 30.2 Å². The maximum Gasteiger partial charge on any atom is 0.241 e. The van der Waals surface area contributed by atoms with Crippen LogP contribution in [0.15, 0.2) is 71.6 Å². The number of nitrogens with one attached hydrogen (secondary N) is 3. The number of rotatable bonds is 9.